The highest BCUT2D eigenvalue weighted by Crippen LogP contribution is 1.90. The molecule has 0 fully saturated rings. The number of halogens is 1. The molecule has 2 unspecified atom stereocenters. The van der Waals surface area contributed by atoms with E-state index < -0.39 is 12.8 Å². The van der Waals surface area contributed by atoms with Crippen LogP contribution in [0.2, 0.25) is 0 Å². The lowest BCUT2D eigenvalue weighted by Crippen LogP contribution is -2.35. The van der Waals surface area contributed by atoms with E-state index in [1.165, 1.54) is 0 Å². The average molecular weight is 121 g/mol. The normalized spacial score (nSPS) is 18.0. The molecule has 0 saturated heterocycles. The monoisotopic (exact) mass is 121 g/mol. The van der Waals surface area contributed by atoms with Gasteiger partial charge in [0.2, 0.25) is 0 Å². The Morgan fingerprint density at radius 2 is 2.25 bits per heavy atom. The summed E-state index contributed by atoms with van der Waals surface area (Å²) >= 11 is 0. The first kappa shape index (κ1) is 7.85. The number of likely N-dealkylation sites (N-methyl/N-ethyl adjacent to an activating group) is 1. The van der Waals surface area contributed by atoms with Gasteiger partial charge in [0.05, 0.1) is 6.10 Å². The summed E-state index contributed by atoms with van der Waals surface area (Å²) in [4.78, 5) is 0. The highest BCUT2D eigenvalue weighted by atomic mass is 19.1. The highest BCUT2D eigenvalue weighted by molar-refractivity contribution is 4.66. The number of alkyl halides is 1. The smallest absolute Gasteiger partial charge is 0.117 e. The van der Waals surface area contributed by atoms with Crippen LogP contribution in [0.1, 0.15) is 6.92 Å². The minimum absolute atomic E-state index is 0.153. The first-order valence-electron chi connectivity index (χ1n) is 2.63. The maximum absolute atomic E-state index is 11.5. The second-order valence-electron chi connectivity index (χ2n) is 1.80. The van der Waals surface area contributed by atoms with Crippen LogP contribution in [0.3, 0.4) is 0 Å². The first-order chi connectivity index (χ1) is 3.72. The molecule has 0 bridgehead atoms. The Bertz CT molecular complexity index is 52.4. The lowest BCUT2D eigenvalue weighted by molar-refractivity contribution is 0.108. The zero-order valence-electron chi connectivity index (χ0n) is 5.19. The average Bonchev–Trinajstić information content (AvgIpc) is 1.84. The van der Waals surface area contributed by atoms with Crippen LogP contribution in [0.4, 0.5) is 4.39 Å². The minimum atomic E-state index is -0.861. The highest BCUT2D eigenvalue weighted by Gasteiger charge is 2.09. The van der Waals surface area contributed by atoms with Crippen molar-refractivity contribution in [1.29, 1.82) is 0 Å². The van der Waals surface area contributed by atoms with Crippen LogP contribution in [0.5, 0.6) is 0 Å². The number of aliphatic hydroxyl groups is 1. The first-order valence-corrected chi connectivity index (χ1v) is 2.63. The van der Waals surface area contributed by atoms with Crippen molar-refractivity contribution in [2.75, 3.05) is 13.7 Å². The van der Waals surface area contributed by atoms with Gasteiger partial charge < -0.3 is 10.4 Å². The van der Waals surface area contributed by atoms with Crippen molar-refractivity contribution in [3.05, 3.63) is 0 Å². The van der Waals surface area contributed by atoms with E-state index in [1.54, 1.807) is 14.0 Å². The van der Waals surface area contributed by atoms with Gasteiger partial charge in [0.25, 0.3) is 0 Å². The molecule has 0 aliphatic heterocycles. The molecule has 0 aromatic carbocycles. The fraction of sp³-hybridized carbons (Fsp3) is 1.00. The summed E-state index contributed by atoms with van der Waals surface area (Å²) in [6.07, 6.45) is -0.861. The van der Waals surface area contributed by atoms with Gasteiger partial charge in [-0.05, 0) is 14.0 Å². The lowest BCUT2D eigenvalue weighted by Gasteiger charge is -2.13. The second kappa shape index (κ2) is 3.80. The third kappa shape index (κ3) is 2.23. The van der Waals surface area contributed by atoms with Crippen molar-refractivity contribution < 1.29 is 9.50 Å². The topological polar surface area (TPSA) is 32.3 Å². The van der Waals surface area contributed by atoms with Crippen LogP contribution >= 0.6 is 0 Å². The zero-order chi connectivity index (χ0) is 6.57. The number of rotatable bonds is 3. The van der Waals surface area contributed by atoms with Crippen molar-refractivity contribution in [2.45, 2.75) is 19.1 Å². The third-order valence-electron chi connectivity index (χ3n) is 1.19. The van der Waals surface area contributed by atoms with Gasteiger partial charge in [-0.15, -0.1) is 0 Å². The molecule has 0 saturated carbocycles. The van der Waals surface area contributed by atoms with Crippen molar-refractivity contribution >= 4 is 0 Å². The van der Waals surface area contributed by atoms with Gasteiger partial charge in [0.1, 0.15) is 6.67 Å². The molecular weight excluding hydrogens is 109 g/mol. The number of nitrogens with one attached hydrogen (secondary N) is 1. The molecular formula is C5H12FNO. The molecule has 2 atom stereocenters. The molecule has 2 N–H and O–H groups in total. The van der Waals surface area contributed by atoms with Crippen LogP contribution < -0.4 is 5.32 Å². The second-order valence-corrected chi connectivity index (χ2v) is 1.80. The zero-order valence-corrected chi connectivity index (χ0v) is 5.19. The summed E-state index contributed by atoms with van der Waals surface area (Å²) in [6, 6.07) is -0.153. The molecule has 50 valence electrons. The molecule has 0 aliphatic rings. The van der Waals surface area contributed by atoms with E-state index in [4.69, 9.17) is 5.11 Å². The van der Waals surface area contributed by atoms with Gasteiger partial charge in [-0.3, -0.25) is 0 Å². The quantitative estimate of drug-likeness (QED) is 0.547. The van der Waals surface area contributed by atoms with E-state index in [0.29, 0.717) is 0 Å². The summed E-state index contributed by atoms with van der Waals surface area (Å²) in [7, 11) is 1.68. The van der Waals surface area contributed by atoms with E-state index in [2.05, 4.69) is 5.32 Å². The molecule has 8 heavy (non-hydrogen) atoms. The number of aliphatic hydroxyl groups excluding tert-OH is 1. The van der Waals surface area contributed by atoms with Gasteiger partial charge in [-0.25, -0.2) is 4.39 Å². The summed E-state index contributed by atoms with van der Waals surface area (Å²) in [5, 5.41) is 11.4. The minimum Gasteiger partial charge on any atom is -0.389 e. The molecule has 3 heteroatoms. The Balaban J connectivity index is 3.29. The molecule has 0 aliphatic carbocycles. The summed E-state index contributed by atoms with van der Waals surface area (Å²) < 4.78 is 11.5. The van der Waals surface area contributed by atoms with Gasteiger partial charge in [-0.1, -0.05) is 0 Å². The van der Waals surface area contributed by atoms with Crippen LogP contribution in [0.15, 0.2) is 0 Å². The van der Waals surface area contributed by atoms with Crippen LogP contribution in [-0.2, 0) is 0 Å². The Kier molecular flexibility index (Phi) is 3.73. The summed E-state index contributed by atoms with van der Waals surface area (Å²) in [5.74, 6) is 0. The Hall–Kier alpha value is -0.150. The molecule has 0 radical (unpaired) electrons. The van der Waals surface area contributed by atoms with Crippen molar-refractivity contribution in [3.8, 4) is 0 Å². The standard InChI is InChI=1S/C5H12FNO/c1-4(7-2)5(8)3-6/h4-5,7-8H,3H2,1-2H3. The SMILES string of the molecule is CNC(C)C(O)CF. The van der Waals surface area contributed by atoms with Crippen molar-refractivity contribution in [2.24, 2.45) is 0 Å². The molecule has 0 aromatic rings. The predicted octanol–water partition coefficient (Wildman–Crippen LogP) is -0.0753. The largest absolute Gasteiger partial charge is 0.389 e. The van der Waals surface area contributed by atoms with E-state index in [9.17, 15) is 4.39 Å². The third-order valence-corrected chi connectivity index (χ3v) is 1.19. The van der Waals surface area contributed by atoms with E-state index in [-0.39, 0.29) is 6.04 Å². The van der Waals surface area contributed by atoms with Gasteiger partial charge in [0.15, 0.2) is 0 Å². The maximum atomic E-state index is 11.5. The number of hydrogen-bond donors (Lipinski definition) is 2. The lowest BCUT2D eigenvalue weighted by atomic mass is 10.2. The fourth-order valence-electron chi connectivity index (χ4n) is 0.326. The van der Waals surface area contributed by atoms with Crippen molar-refractivity contribution in [1.82, 2.24) is 5.32 Å². The van der Waals surface area contributed by atoms with E-state index in [0.717, 1.165) is 0 Å². The van der Waals surface area contributed by atoms with Crippen LogP contribution in [0.25, 0.3) is 0 Å². The molecule has 0 rings (SSSR count). The predicted molar refractivity (Wildman–Crippen MR) is 30.5 cm³/mol. The van der Waals surface area contributed by atoms with Crippen molar-refractivity contribution in [3.63, 3.8) is 0 Å². The Labute approximate surface area is 48.7 Å². The molecule has 0 amide bonds. The Morgan fingerprint density at radius 3 is 2.38 bits per heavy atom. The number of hydrogen-bond acceptors (Lipinski definition) is 2. The van der Waals surface area contributed by atoms with E-state index >= 15 is 0 Å². The van der Waals surface area contributed by atoms with Gasteiger partial charge in [0, 0.05) is 6.04 Å². The molecule has 0 aromatic heterocycles. The fourth-order valence-corrected chi connectivity index (χ4v) is 0.326. The van der Waals surface area contributed by atoms with Gasteiger partial charge in [-0.2, -0.15) is 0 Å². The molecule has 0 spiro atoms. The Morgan fingerprint density at radius 1 is 1.75 bits per heavy atom. The summed E-state index contributed by atoms with van der Waals surface area (Å²) in [5.41, 5.74) is 0. The van der Waals surface area contributed by atoms with Crippen LogP contribution in [-0.4, -0.2) is 31.0 Å². The molecule has 2 nitrogen and oxygen atoms in total. The summed E-state index contributed by atoms with van der Waals surface area (Å²) in [6.45, 7) is 1.05. The maximum Gasteiger partial charge on any atom is 0.117 e. The van der Waals surface area contributed by atoms with Crippen LogP contribution in [0, 0.1) is 0 Å². The van der Waals surface area contributed by atoms with E-state index in [1.807, 2.05) is 0 Å². The van der Waals surface area contributed by atoms with Gasteiger partial charge >= 0.3 is 0 Å². The molecule has 0 heterocycles.